The molecule has 0 amide bonds. The molecule has 1 aromatic heterocycles. The third kappa shape index (κ3) is 4.95. The number of hydrazone groups is 1. The summed E-state index contributed by atoms with van der Waals surface area (Å²) < 4.78 is 41.2. The van der Waals surface area contributed by atoms with Crippen LogP contribution in [0.3, 0.4) is 0 Å². The molecule has 5 nitrogen and oxygen atoms in total. The number of thiazole rings is 1. The van der Waals surface area contributed by atoms with Gasteiger partial charge in [0, 0.05) is 10.9 Å². The van der Waals surface area contributed by atoms with Crippen LogP contribution in [0.15, 0.2) is 34.7 Å². The Morgan fingerprint density at radius 2 is 2.14 bits per heavy atom. The van der Waals surface area contributed by atoms with Crippen molar-refractivity contribution in [3.05, 3.63) is 35.2 Å². The number of anilines is 2. The molecule has 0 aliphatic rings. The van der Waals surface area contributed by atoms with E-state index in [1.807, 2.05) is 0 Å². The highest BCUT2D eigenvalue weighted by Crippen LogP contribution is 2.21. The fraction of sp³-hybridized carbons (Fsp3) is 0.167. The molecule has 0 unspecified atom stereocenters. The SMILES string of the molecule is Nc1csc(NN=Cc2ccccc2OCC(F)(F)F)n1. The highest BCUT2D eigenvalue weighted by molar-refractivity contribution is 7.14. The average Bonchev–Trinajstić information content (AvgIpc) is 2.82. The van der Waals surface area contributed by atoms with Crippen LogP contribution in [0.25, 0.3) is 0 Å². The van der Waals surface area contributed by atoms with Gasteiger partial charge in [-0.2, -0.15) is 18.3 Å². The van der Waals surface area contributed by atoms with Crippen molar-refractivity contribution in [3.8, 4) is 5.75 Å². The molecule has 0 radical (unpaired) electrons. The number of ether oxygens (including phenoxy) is 1. The van der Waals surface area contributed by atoms with Crippen LogP contribution >= 0.6 is 11.3 Å². The first-order valence-corrected chi connectivity index (χ1v) is 6.61. The molecule has 9 heteroatoms. The van der Waals surface area contributed by atoms with Crippen LogP contribution in [-0.2, 0) is 0 Å². The number of nitrogens with one attached hydrogen (secondary N) is 1. The lowest BCUT2D eigenvalue weighted by Crippen LogP contribution is -2.19. The Morgan fingerprint density at radius 3 is 2.81 bits per heavy atom. The first-order valence-electron chi connectivity index (χ1n) is 5.73. The fourth-order valence-corrected chi connectivity index (χ4v) is 1.92. The van der Waals surface area contributed by atoms with Gasteiger partial charge in [0.2, 0.25) is 5.13 Å². The summed E-state index contributed by atoms with van der Waals surface area (Å²) in [5.41, 5.74) is 8.49. The number of para-hydroxylation sites is 1. The Hall–Kier alpha value is -2.29. The molecule has 0 saturated heterocycles. The molecule has 1 heterocycles. The van der Waals surface area contributed by atoms with Gasteiger partial charge in [-0.15, -0.1) is 11.3 Å². The monoisotopic (exact) mass is 316 g/mol. The largest absolute Gasteiger partial charge is 0.483 e. The van der Waals surface area contributed by atoms with Crippen LogP contribution in [0.5, 0.6) is 5.75 Å². The topological polar surface area (TPSA) is 72.5 Å². The normalized spacial score (nSPS) is 11.8. The van der Waals surface area contributed by atoms with Gasteiger partial charge < -0.3 is 10.5 Å². The van der Waals surface area contributed by atoms with Crippen LogP contribution in [0.4, 0.5) is 24.1 Å². The zero-order chi connectivity index (χ0) is 15.3. The maximum Gasteiger partial charge on any atom is 0.422 e. The molecule has 3 N–H and O–H groups in total. The predicted molar refractivity (Wildman–Crippen MR) is 75.7 cm³/mol. The van der Waals surface area contributed by atoms with Gasteiger partial charge in [0.25, 0.3) is 0 Å². The number of hydrogen-bond acceptors (Lipinski definition) is 6. The molecule has 112 valence electrons. The molecule has 0 fully saturated rings. The van der Waals surface area contributed by atoms with Gasteiger partial charge in [-0.3, -0.25) is 5.43 Å². The molecule has 2 aromatic rings. The molecule has 0 atom stereocenters. The van der Waals surface area contributed by atoms with E-state index in [1.54, 1.807) is 23.6 Å². The number of rotatable bonds is 5. The molecule has 0 bridgehead atoms. The van der Waals surface area contributed by atoms with Crippen molar-refractivity contribution in [1.82, 2.24) is 4.98 Å². The number of aromatic nitrogens is 1. The van der Waals surface area contributed by atoms with Crippen molar-refractivity contribution in [1.29, 1.82) is 0 Å². The number of nitrogens with two attached hydrogens (primary N) is 1. The summed E-state index contributed by atoms with van der Waals surface area (Å²) in [7, 11) is 0. The third-order valence-corrected chi connectivity index (χ3v) is 2.96. The van der Waals surface area contributed by atoms with Crippen molar-refractivity contribution < 1.29 is 17.9 Å². The first-order chi connectivity index (χ1) is 9.94. The summed E-state index contributed by atoms with van der Waals surface area (Å²) in [6, 6.07) is 6.28. The minimum atomic E-state index is -4.39. The van der Waals surface area contributed by atoms with Crippen molar-refractivity contribution in [2.24, 2.45) is 5.10 Å². The summed E-state index contributed by atoms with van der Waals surface area (Å²) >= 11 is 1.26. The molecule has 2 rings (SSSR count). The van der Waals surface area contributed by atoms with E-state index in [0.29, 0.717) is 16.5 Å². The van der Waals surface area contributed by atoms with Crippen molar-refractivity contribution in [3.63, 3.8) is 0 Å². The Morgan fingerprint density at radius 1 is 1.38 bits per heavy atom. The lowest BCUT2D eigenvalue weighted by Gasteiger charge is -2.10. The van der Waals surface area contributed by atoms with Gasteiger partial charge in [-0.25, -0.2) is 4.98 Å². The van der Waals surface area contributed by atoms with E-state index in [9.17, 15) is 13.2 Å². The van der Waals surface area contributed by atoms with E-state index in [-0.39, 0.29) is 5.75 Å². The summed E-state index contributed by atoms with van der Waals surface area (Å²) in [4.78, 5) is 3.92. The lowest BCUT2D eigenvalue weighted by molar-refractivity contribution is -0.153. The molecule has 0 aliphatic carbocycles. The Labute approximate surface area is 122 Å². The second-order valence-electron chi connectivity index (χ2n) is 3.89. The van der Waals surface area contributed by atoms with E-state index in [2.05, 4.69) is 15.5 Å². The van der Waals surface area contributed by atoms with E-state index in [1.165, 1.54) is 23.6 Å². The van der Waals surface area contributed by atoms with Crippen LogP contribution in [0.1, 0.15) is 5.56 Å². The highest BCUT2D eigenvalue weighted by Gasteiger charge is 2.28. The second-order valence-corrected chi connectivity index (χ2v) is 4.75. The average molecular weight is 316 g/mol. The molecule has 1 aromatic carbocycles. The van der Waals surface area contributed by atoms with Crippen LogP contribution in [0, 0.1) is 0 Å². The number of nitrogens with zero attached hydrogens (tertiary/aromatic N) is 2. The van der Waals surface area contributed by atoms with Crippen molar-refractivity contribution in [2.45, 2.75) is 6.18 Å². The molecular weight excluding hydrogens is 305 g/mol. The van der Waals surface area contributed by atoms with E-state index in [0.717, 1.165) is 0 Å². The minimum Gasteiger partial charge on any atom is -0.483 e. The smallest absolute Gasteiger partial charge is 0.422 e. The van der Waals surface area contributed by atoms with E-state index in [4.69, 9.17) is 10.5 Å². The van der Waals surface area contributed by atoms with Gasteiger partial charge >= 0.3 is 6.18 Å². The fourth-order valence-electron chi connectivity index (χ4n) is 1.37. The van der Waals surface area contributed by atoms with Crippen molar-refractivity contribution >= 4 is 28.5 Å². The maximum atomic E-state index is 12.2. The van der Waals surface area contributed by atoms with Crippen LogP contribution in [-0.4, -0.2) is 24.0 Å². The lowest BCUT2D eigenvalue weighted by atomic mass is 10.2. The summed E-state index contributed by atoms with van der Waals surface area (Å²) in [5, 5.41) is 6.01. The highest BCUT2D eigenvalue weighted by atomic mass is 32.1. The van der Waals surface area contributed by atoms with E-state index >= 15 is 0 Å². The number of hydrogen-bond donors (Lipinski definition) is 2. The van der Waals surface area contributed by atoms with Crippen LogP contribution < -0.4 is 15.9 Å². The number of nitrogen functional groups attached to an aromatic ring is 1. The maximum absolute atomic E-state index is 12.2. The Balaban J connectivity index is 2.02. The number of benzene rings is 1. The number of alkyl halides is 3. The zero-order valence-corrected chi connectivity index (χ0v) is 11.4. The first kappa shape index (κ1) is 15.1. The van der Waals surface area contributed by atoms with Crippen molar-refractivity contribution in [2.75, 3.05) is 17.8 Å². The minimum absolute atomic E-state index is 0.0963. The number of halogens is 3. The molecule has 0 aliphatic heterocycles. The standard InChI is InChI=1S/C12H11F3N4OS/c13-12(14,15)7-20-9-4-2-1-3-8(9)5-17-19-11-18-10(16)6-21-11/h1-6H,7,16H2,(H,18,19). The van der Waals surface area contributed by atoms with Crippen LogP contribution in [0.2, 0.25) is 0 Å². The Kier molecular flexibility index (Phi) is 4.63. The van der Waals surface area contributed by atoms with E-state index < -0.39 is 12.8 Å². The second kappa shape index (κ2) is 6.44. The van der Waals surface area contributed by atoms with Gasteiger partial charge in [-0.05, 0) is 12.1 Å². The van der Waals surface area contributed by atoms with Gasteiger partial charge in [0.1, 0.15) is 11.6 Å². The summed E-state index contributed by atoms with van der Waals surface area (Å²) in [5.74, 6) is 0.464. The molecule has 21 heavy (non-hydrogen) atoms. The summed E-state index contributed by atoms with van der Waals surface area (Å²) in [6.07, 6.45) is -3.04. The molecule has 0 saturated carbocycles. The Bertz CT molecular complexity index is 627. The van der Waals surface area contributed by atoms with Gasteiger partial charge in [0.05, 0.1) is 6.21 Å². The third-order valence-electron chi connectivity index (χ3n) is 2.20. The quantitative estimate of drug-likeness (QED) is 0.657. The van der Waals surface area contributed by atoms with Gasteiger partial charge in [0.15, 0.2) is 6.61 Å². The summed E-state index contributed by atoms with van der Waals surface area (Å²) in [6.45, 7) is -1.35. The van der Waals surface area contributed by atoms with Gasteiger partial charge in [-0.1, -0.05) is 12.1 Å². The zero-order valence-electron chi connectivity index (χ0n) is 10.6. The molecular formula is C12H11F3N4OS. The molecule has 0 spiro atoms. The predicted octanol–water partition coefficient (Wildman–Crippen LogP) is 3.11.